The number of ether oxygens (including phenoxy) is 2. The highest BCUT2D eigenvalue weighted by Gasteiger charge is 2.08. The molecule has 0 aliphatic rings. The number of H-pyrrole nitrogens is 1. The van der Waals surface area contributed by atoms with Crippen LogP contribution in [-0.2, 0) is 9.53 Å². The fourth-order valence-corrected chi connectivity index (χ4v) is 2.41. The lowest BCUT2D eigenvalue weighted by Crippen LogP contribution is -2.14. The number of carbonyl (C=O) groups is 1. The molecule has 0 saturated carbocycles. The zero-order valence-corrected chi connectivity index (χ0v) is 14.2. The number of fused-ring (bicyclic) bond motifs is 1. The third-order valence-corrected chi connectivity index (χ3v) is 3.62. The molecule has 6 nitrogen and oxygen atoms in total. The molecule has 6 heteroatoms. The SMILES string of the molecule is CCOC(=O)COc1ccc(/C=C(\C#N)c2nc3ccccc3[nH]2)cc1. The summed E-state index contributed by atoms with van der Waals surface area (Å²) in [5.41, 5.74) is 2.95. The maximum atomic E-state index is 11.3. The Morgan fingerprint density at radius 1 is 1.23 bits per heavy atom. The number of aromatic amines is 1. The van der Waals surface area contributed by atoms with E-state index >= 15 is 0 Å². The van der Waals surface area contributed by atoms with E-state index in [1.807, 2.05) is 24.3 Å². The second-order valence-electron chi connectivity index (χ2n) is 5.44. The first kappa shape index (κ1) is 17.2. The molecule has 0 aliphatic heterocycles. The first-order valence-electron chi connectivity index (χ1n) is 8.15. The highest BCUT2D eigenvalue weighted by Crippen LogP contribution is 2.20. The lowest BCUT2D eigenvalue weighted by atomic mass is 10.1. The quantitative estimate of drug-likeness (QED) is 0.544. The molecule has 0 bridgehead atoms. The molecule has 0 fully saturated rings. The maximum absolute atomic E-state index is 11.3. The highest BCUT2D eigenvalue weighted by atomic mass is 16.6. The van der Waals surface area contributed by atoms with E-state index in [0.717, 1.165) is 16.6 Å². The number of para-hydroxylation sites is 2. The van der Waals surface area contributed by atoms with Gasteiger partial charge in [0.2, 0.25) is 0 Å². The molecule has 3 rings (SSSR count). The number of rotatable bonds is 6. The number of benzene rings is 2. The molecule has 0 spiro atoms. The van der Waals surface area contributed by atoms with Crippen molar-refractivity contribution in [3.63, 3.8) is 0 Å². The molecule has 1 aromatic heterocycles. The van der Waals surface area contributed by atoms with Crippen LogP contribution in [0, 0.1) is 11.3 Å². The van der Waals surface area contributed by atoms with E-state index in [-0.39, 0.29) is 6.61 Å². The van der Waals surface area contributed by atoms with Crippen molar-refractivity contribution >= 4 is 28.7 Å². The Morgan fingerprint density at radius 3 is 2.69 bits per heavy atom. The Bertz CT molecular complexity index is 948. The summed E-state index contributed by atoms with van der Waals surface area (Å²) in [7, 11) is 0. The summed E-state index contributed by atoms with van der Waals surface area (Å²) in [6.07, 6.45) is 1.74. The highest BCUT2D eigenvalue weighted by molar-refractivity contribution is 5.90. The first-order valence-corrected chi connectivity index (χ1v) is 8.15. The molecular formula is C20H17N3O3. The van der Waals surface area contributed by atoms with Crippen LogP contribution in [0.1, 0.15) is 18.3 Å². The average molecular weight is 347 g/mol. The van der Waals surface area contributed by atoms with Crippen LogP contribution in [-0.4, -0.2) is 29.2 Å². The smallest absolute Gasteiger partial charge is 0.344 e. The van der Waals surface area contributed by atoms with Crippen LogP contribution in [0.15, 0.2) is 48.5 Å². The molecule has 0 saturated heterocycles. The average Bonchev–Trinajstić information content (AvgIpc) is 3.09. The van der Waals surface area contributed by atoms with E-state index in [4.69, 9.17) is 9.47 Å². The molecule has 1 N–H and O–H groups in total. The van der Waals surface area contributed by atoms with Gasteiger partial charge in [-0.25, -0.2) is 9.78 Å². The van der Waals surface area contributed by atoms with Gasteiger partial charge in [0, 0.05) is 0 Å². The number of nitriles is 1. The van der Waals surface area contributed by atoms with Crippen LogP contribution in [0.2, 0.25) is 0 Å². The molecule has 0 atom stereocenters. The zero-order chi connectivity index (χ0) is 18.4. The van der Waals surface area contributed by atoms with Gasteiger partial charge in [-0.05, 0) is 42.8 Å². The third kappa shape index (κ3) is 4.08. The zero-order valence-electron chi connectivity index (χ0n) is 14.2. The van der Waals surface area contributed by atoms with E-state index in [2.05, 4.69) is 16.0 Å². The molecule has 2 aromatic carbocycles. The first-order chi connectivity index (χ1) is 12.7. The summed E-state index contributed by atoms with van der Waals surface area (Å²) in [6, 6.07) is 16.9. The van der Waals surface area contributed by atoms with Crippen molar-refractivity contribution in [2.75, 3.05) is 13.2 Å². The van der Waals surface area contributed by atoms with Crippen LogP contribution in [0.25, 0.3) is 22.7 Å². The van der Waals surface area contributed by atoms with Gasteiger partial charge in [-0.2, -0.15) is 5.26 Å². The minimum atomic E-state index is -0.409. The summed E-state index contributed by atoms with van der Waals surface area (Å²) < 4.78 is 10.2. The molecule has 26 heavy (non-hydrogen) atoms. The topological polar surface area (TPSA) is 88.0 Å². The number of nitrogens with one attached hydrogen (secondary N) is 1. The maximum Gasteiger partial charge on any atom is 0.344 e. The number of hydrogen-bond acceptors (Lipinski definition) is 5. The number of esters is 1. The second kappa shape index (κ2) is 7.99. The van der Waals surface area contributed by atoms with Crippen molar-refractivity contribution < 1.29 is 14.3 Å². The molecule has 1 heterocycles. The van der Waals surface area contributed by atoms with Crippen LogP contribution in [0.5, 0.6) is 5.75 Å². The lowest BCUT2D eigenvalue weighted by Gasteiger charge is -2.05. The summed E-state index contributed by atoms with van der Waals surface area (Å²) in [5.74, 6) is 0.668. The van der Waals surface area contributed by atoms with E-state index in [1.165, 1.54) is 0 Å². The Morgan fingerprint density at radius 2 is 2.00 bits per heavy atom. The van der Waals surface area contributed by atoms with Gasteiger partial charge in [0.05, 0.1) is 23.2 Å². The Kier molecular flexibility index (Phi) is 5.30. The number of hydrogen-bond donors (Lipinski definition) is 1. The van der Waals surface area contributed by atoms with Gasteiger partial charge in [-0.1, -0.05) is 24.3 Å². The Balaban J connectivity index is 1.75. The standard InChI is InChI=1S/C20H17N3O3/c1-2-25-19(24)13-26-16-9-7-14(8-10-16)11-15(12-21)20-22-17-5-3-4-6-18(17)23-20/h3-11H,2,13H2,1H3,(H,22,23)/b15-11+. The van der Waals surface area contributed by atoms with E-state index in [1.54, 1.807) is 37.3 Å². The van der Waals surface area contributed by atoms with Crippen molar-refractivity contribution in [2.24, 2.45) is 0 Å². The van der Waals surface area contributed by atoms with Gasteiger partial charge in [0.1, 0.15) is 17.6 Å². The molecular weight excluding hydrogens is 330 g/mol. The predicted octanol–water partition coefficient (Wildman–Crippen LogP) is 3.57. The largest absolute Gasteiger partial charge is 0.482 e. The van der Waals surface area contributed by atoms with E-state index in [0.29, 0.717) is 23.8 Å². The number of carbonyl (C=O) groups excluding carboxylic acids is 1. The minimum Gasteiger partial charge on any atom is -0.482 e. The number of imidazole rings is 1. The van der Waals surface area contributed by atoms with Gasteiger partial charge in [-0.15, -0.1) is 0 Å². The fraction of sp³-hybridized carbons (Fsp3) is 0.150. The summed E-state index contributed by atoms with van der Waals surface area (Å²) in [6.45, 7) is 1.93. The molecule has 3 aromatic rings. The van der Waals surface area contributed by atoms with Crippen LogP contribution in [0.3, 0.4) is 0 Å². The van der Waals surface area contributed by atoms with Crippen molar-refractivity contribution in [1.82, 2.24) is 9.97 Å². The van der Waals surface area contributed by atoms with Crippen molar-refractivity contribution in [3.05, 3.63) is 59.9 Å². The van der Waals surface area contributed by atoms with Crippen molar-refractivity contribution in [2.45, 2.75) is 6.92 Å². The van der Waals surface area contributed by atoms with Crippen LogP contribution < -0.4 is 4.74 Å². The summed E-state index contributed by atoms with van der Waals surface area (Å²) >= 11 is 0. The minimum absolute atomic E-state index is 0.133. The molecule has 0 unspecified atom stereocenters. The van der Waals surface area contributed by atoms with Gasteiger partial charge in [-0.3, -0.25) is 0 Å². The third-order valence-electron chi connectivity index (χ3n) is 3.62. The number of aromatic nitrogens is 2. The normalized spacial score (nSPS) is 11.2. The Hall–Kier alpha value is -3.59. The van der Waals surface area contributed by atoms with Crippen molar-refractivity contribution in [3.8, 4) is 11.8 Å². The summed E-state index contributed by atoms with van der Waals surface area (Å²) in [4.78, 5) is 18.9. The van der Waals surface area contributed by atoms with Crippen LogP contribution in [0.4, 0.5) is 0 Å². The van der Waals surface area contributed by atoms with Crippen LogP contribution >= 0.6 is 0 Å². The van der Waals surface area contributed by atoms with Gasteiger partial charge < -0.3 is 14.5 Å². The van der Waals surface area contributed by atoms with E-state index in [9.17, 15) is 10.1 Å². The van der Waals surface area contributed by atoms with E-state index < -0.39 is 5.97 Å². The Labute approximate surface area is 150 Å². The molecule has 0 aliphatic carbocycles. The fourth-order valence-electron chi connectivity index (χ4n) is 2.41. The second-order valence-corrected chi connectivity index (χ2v) is 5.44. The molecule has 0 radical (unpaired) electrons. The van der Waals surface area contributed by atoms with Gasteiger partial charge >= 0.3 is 5.97 Å². The lowest BCUT2D eigenvalue weighted by molar-refractivity contribution is -0.145. The monoisotopic (exact) mass is 347 g/mol. The van der Waals surface area contributed by atoms with Crippen molar-refractivity contribution in [1.29, 1.82) is 5.26 Å². The number of allylic oxidation sites excluding steroid dienone is 1. The molecule has 130 valence electrons. The predicted molar refractivity (Wildman–Crippen MR) is 98.1 cm³/mol. The summed E-state index contributed by atoms with van der Waals surface area (Å²) in [5, 5.41) is 9.46. The van der Waals surface area contributed by atoms with Gasteiger partial charge in [0.25, 0.3) is 0 Å². The van der Waals surface area contributed by atoms with Gasteiger partial charge in [0.15, 0.2) is 6.61 Å². The molecule has 0 amide bonds. The number of nitrogens with zero attached hydrogens (tertiary/aromatic N) is 2.